The normalized spacial score (nSPS) is 16.2. The predicted octanol–water partition coefficient (Wildman–Crippen LogP) is 2.35. The summed E-state index contributed by atoms with van der Waals surface area (Å²) in [5.74, 6) is -0.116. The molecule has 7 heteroatoms. The van der Waals surface area contributed by atoms with Gasteiger partial charge < -0.3 is 10.2 Å². The molecule has 0 aliphatic carbocycles. The van der Waals surface area contributed by atoms with Crippen LogP contribution in [0, 0.1) is 13.8 Å². The molecule has 1 atom stereocenters. The van der Waals surface area contributed by atoms with Crippen LogP contribution in [0.4, 0.5) is 0 Å². The third-order valence-corrected chi connectivity index (χ3v) is 5.58. The maximum atomic E-state index is 12.7. The summed E-state index contributed by atoms with van der Waals surface area (Å²) in [6.07, 6.45) is 1.72. The Labute approximate surface area is 140 Å². The smallest absolute Gasteiger partial charge is 0.272 e. The van der Waals surface area contributed by atoms with E-state index in [0.717, 1.165) is 47.9 Å². The quantitative estimate of drug-likeness (QED) is 0.901. The van der Waals surface area contributed by atoms with Crippen molar-refractivity contribution in [1.82, 2.24) is 25.4 Å². The molecule has 3 heterocycles. The lowest BCUT2D eigenvalue weighted by Gasteiger charge is -2.22. The highest BCUT2D eigenvalue weighted by molar-refractivity contribution is 7.11. The van der Waals surface area contributed by atoms with Crippen molar-refractivity contribution < 1.29 is 4.79 Å². The second-order valence-electron chi connectivity index (χ2n) is 6.15. The molecule has 2 N–H and O–H groups in total. The number of thiazole rings is 1. The first-order chi connectivity index (χ1) is 11.0. The van der Waals surface area contributed by atoms with Crippen LogP contribution in [0.1, 0.15) is 56.7 Å². The Bertz CT molecular complexity index is 701. The summed E-state index contributed by atoms with van der Waals surface area (Å²) in [5, 5.41) is 11.3. The molecule has 2 aromatic rings. The van der Waals surface area contributed by atoms with Gasteiger partial charge in [-0.3, -0.25) is 9.89 Å². The standard InChI is InChI=1S/C16H23N5OS/c1-5-12(16-17-9(2)10(3)23-16)18-15(22)14-11-8-21(4)7-6-13(11)19-20-14/h12H,5-8H2,1-4H3,(H,18,22)(H,19,20). The van der Waals surface area contributed by atoms with Crippen LogP contribution in [0.3, 0.4) is 0 Å². The van der Waals surface area contributed by atoms with Gasteiger partial charge in [0.25, 0.3) is 5.91 Å². The number of hydrogen-bond donors (Lipinski definition) is 2. The SMILES string of the molecule is CCC(NC(=O)c1n[nH]c2c1CN(C)CC2)c1nc(C)c(C)s1. The zero-order chi connectivity index (χ0) is 16.6. The number of aromatic nitrogens is 3. The highest BCUT2D eigenvalue weighted by atomic mass is 32.1. The molecule has 6 nitrogen and oxygen atoms in total. The van der Waals surface area contributed by atoms with Crippen molar-refractivity contribution in [1.29, 1.82) is 0 Å². The molecule has 23 heavy (non-hydrogen) atoms. The summed E-state index contributed by atoms with van der Waals surface area (Å²) in [5.41, 5.74) is 3.67. The van der Waals surface area contributed by atoms with Gasteiger partial charge in [-0.2, -0.15) is 5.10 Å². The fraction of sp³-hybridized carbons (Fsp3) is 0.562. The topological polar surface area (TPSA) is 73.9 Å². The zero-order valence-corrected chi connectivity index (χ0v) is 14.9. The van der Waals surface area contributed by atoms with Gasteiger partial charge in [-0.25, -0.2) is 4.98 Å². The number of carbonyl (C=O) groups excluding carboxylic acids is 1. The molecule has 1 aliphatic rings. The van der Waals surface area contributed by atoms with Gasteiger partial charge in [0.15, 0.2) is 5.69 Å². The van der Waals surface area contributed by atoms with Gasteiger partial charge in [0.1, 0.15) is 5.01 Å². The monoisotopic (exact) mass is 333 g/mol. The van der Waals surface area contributed by atoms with E-state index in [0.29, 0.717) is 5.69 Å². The zero-order valence-electron chi connectivity index (χ0n) is 14.1. The molecule has 0 radical (unpaired) electrons. The number of H-pyrrole nitrogens is 1. The van der Waals surface area contributed by atoms with E-state index in [1.54, 1.807) is 11.3 Å². The number of likely N-dealkylation sites (N-methyl/N-ethyl adjacent to an activating group) is 1. The van der Waals surface area contributed by atoms with Crippen molar-refractivity contribution in [3.05, 3.63) is 32.5 Å². The first-order valence-corrected chi connectivity index (χ1v) is 8.80. The second kappa shape index (κ2) is 6.41. The van der Waals surface area contributed by atoms with Crippen LogP contribution in [0.5, 0.6) is 0 Å². The highest BCUT2D eigenvalue weighted by Gasteiger charge is 2.26. The number of nitrogens with zero attached hydrogens (tertiary/aromatic N) is 3. The van der Waals surface area contributed by atoms with E-state index in [9.17, 15) is 4.79 Å². The lowest BCUT2D eigenvalue weighted by Crippen LogP contribution is -2.31. The number of hydrogen-bond acceptors (Lipinski definition) is 5. The molecular formula is C16H23N5OS. The minimum atomic E-state index is -0.116. The van der Waals surface area contributed by atoms with Crippen LogP contribution >= 0.6 is 11.3 Å². The molecule has 1 amide bonds. The molecule has 0 saturated carbocycles. The van der Waals surface area contributed by atoms with Crippen molar-refractivity contribution in [2.75, 3.05) is 13.6 Å². The van der Waals surface area contributed by atoms with E-state index in [-0.39, 0.29) is 11.9 Å². The van der Waals surface area contributed by atoms with Crippen LogP contribution in [0.25, 0.3) is 0 Å². The number of aromatic amines is 1. The van der Waals surface area contributed by atoms with Crippen molar-refractivity contribution in [2.45, 2.75) is 46.2 Å². The lowest BCUT2D eigenvalue weighted by molar-refractivity contribution is 0.0928. The molecule has 0 aromatic carbocycles. The fourth-order valence-corrected chi connectivity index (χ4v) is 3.89. The van der Waals surface area contributed by atoms with Gasteiger partial charge in [-0.05, 0) is 27.3 Å². The lowest BCUT2D eigenvalue weighted by atomic mass is 10.1. The molecule has 2 aromatic heterocycles. The third kappa shape index (κ3) is 3.16. The van der Waals surface area contributed by atoms with Gasteiger partial charge in [-0.15, -0.1) is 11.3 Å². The second-order valence-corrected chi connectivity index (χ2v) is 7.38. The summed E-state index contributed by atoms with van der Waals surface area (Å²) in [7, 11) is 2.06. The molecule has 124 valence electrons. The summed E-state index contributed by atoms with van der Waals surface area (Å²) >= 11 is 1.65. The summed E-state index contributed by atoms with van der Waals surface area (Å²) in [6, 6.07) is -0.0615. The molecule has 1 unspecified atom stereocenters. The number of rotatable bonds is 4. The van der Waals surface area contributed by atoms with Gasteiger partial charge in [0, 0.05) is 35.6 Å². The molecule has 0 bridgehead atoms. The van der Waals surface area contributed by atoms with Crippen LogP contribution in [0.15, 0.2) is 0 Å². The molecule has 0 fully saturated rings. The Morgan fingerprint density at radius 3 is 2.91 bits per heavy atom. The maximum absolute atomic E-state index is 12.7. The minimum Gasteiger partial charge on any atom is -0.341 e. The summed E-state index contributed by atoms with van der Waals surface area (Å²) < 4.78 is 0. The summed E-state index contributed by atoms with van der Waals surface area (Å²) in [4.78, 5) is 20.7. The molecule has 1 aliphatic heterocycles. The predicted molar refractivity (Wildman–Crippen MR) is 90.7 cm³/mol. The van der Waals surface area contributed by atoms with Crippen molar-refractivity contribution in [2.24, 2.45) is 0 Å². The van der Waals surface area contributed by atoms with Crippen molar-refractivity contribution >= 4 is 17.2 Å². The number of aryl methyl sites for hydroxylation is 2. The number of carbonyl (C=O) groups is 1. The Morgan fingerprint density at radius 2 is 2.26 bits per heavy atom. The van der Waals surface area contributed by atoms with Crippen LogP contribution in [0.2, 0.25) is 0 Å². The molecule has 0 saturated heterocycles. The average Bonchev–Trinajstić information content (AvgIpc) is 3.08. The van der Waals surface area contributed by atoms with E-state index in [2.05, 4.69) is 46.3 Å². The minimum absolute atomic E-state index is 0.0615. The van der Waals surface area contributed by atoms with Gasteiger partial charge in [-0.1, -0.05) is 6.92 Å². The van der Waals surface area contributed by atoms with Crippen molar-refractivity contribution in [3.8, 4) is 0 Å². The fourth-order valence-electron chi connectivity index (χ4n) is 2.83. The Hall–Kier alpha value is -1.73. The highest BCUT2D eigenvalue weighted by Crippen LogP contribution is 2.26. The Morgan fingerprint density at radius 1 is 1.48 bits per heavy atom. The number of amides is 1. The van der Waals surface area contributed by atoms with E-state index < -0.39 is 0 Å². The number of fused-ring (bicyclic) bond motifs is 1. The van der Waals surface area contributed by atoms with Gasteiger partial charge in [0.05, 0.1) is 11.7 Å². The van der Waals surface area contributed by atoms with Crippen LogP contribution < -0.4 is 5.32 Å². The van der Waals surface area contributed by atoms with Gasteiger partial charge in [0.2, 0.25) is 0 Å². The molecule has 0 spiro atoms. The molecule has 3 rings (SSSR count). The first kappa shape index (κ1) is 16.1. The summed E-state index contributed by atoms with van der Waals surface area (Å²) in [6.45, 7) is 7.88. The van der Waals surface area contributed by atoms with E-state index in [1.807, 2.05) is 6.92 Å². The Balaban J connectivity index is 1.79. The van der Waals surface area contributed by atoms with Crippen LogP contribution in [-0.2, 0) is 13.0 Å². The van der Waals surface area contributed by atoms with E-state index >= 15 is 0 Å². The third-order valence-electron chi connectivity index (χ3n) is 4.40. The van der Waals surface area contributed by atoms with E-state index in [4.69, 9.17) is 0 Å². The van der Waals surface area contributed by atoms with E-state index in [1.165, 1.54) is 4.88 Å². The average molecular weight is 333 g/mol. The van der Waals surface area contributed by atoms with Crippen molar-refractivity contribution in [3.63, 3.8) is 0 Å². The van der Waals surface area contributed by atoms with Gasteiger partial charge >= 0.3 is 0 Å². The number of nitrogens with one attached hydrogen (secondary N) is 2. The first-order valence-electron chi connectivity index (χ1n) is 7.99. The maximum Gasteiger partial charge on any atom is 0.272 e. The Kier molecular flexibility index (Phi) is 4.50. The van der Waals surface area contributed by atoms with Crippen LogP contribution in [-0.4, -0.2) is 39.6 Å². The molecular weight excluding hydrogens is 310 g/mol. The largest absolute Gasteiger partial charge is 0.341 e.